The lowest BCUT2D eigenvalue weighted by atomic mass is 9.97. The van der Waals surface area contributed by atoms with Gasteiger partial charge in [0.1, 0.15) is 5.54 Å². The number of rotatable bonds is 3. The summed E-state index contributed by atoms with van der Waals surface area (Å²) in [5.74, 6) is -0.0581. The summed E-state index contributed by atoms with van der Waals surface area (Å²) in [5.41, 5.74) is 0.667. The van der Waals surface area contributed by atoms with Crippen LogP contribution in [0.3, 0.4) is 0 Å². The van der Waals surface area contributed by atoms with Crippen LogP contribution in [0.4, 0.5) is 4.79 Å². The van der Waals surface area contributed by atoms with Gasteiger partial charge in [0.15, 0.2) is 0 Å². The number of carbonyl (C=O) groups excluding carboxylic acids is 2. The fourth-order valence-corrected chi connectivity index (χ4v) is 3.39. The van der Waals surface area contributed by atoms with E-state index < -0.39 is 5.54 Å². The van der Waals surface area contributed by atoms with Crippen molar-refractivity contribution in [3.63, 3.8) is 0 Å². The summed E-state index contributed by atoms with van der Waals surface area (Å²) < 4.78 is 0. The van der Waals surface area contributed by atoms with Crippen LogP contribution >= 0.6 is 0 Å². The third-order valence-corrected chi connectivity index (χ3v) is 4.80. The molecule has 2 heterocycles. The lowest BCUT2D eigenvalue weighted by Gasteiger charge is -2.28. The monoisotopic (exact) mass is 287 g/mol. The minimum absolute atomic E-state index is 0.0581. The summed E-state index contributed by atoms with van der Waals surface area (Å²) in [6, 6.07) is 10.2. The van der Waals surface area contributed by atoms with Crippen molar-refractivity contribution in [3.05, 3.63) is 35.9 Å². The van der Waals surface area contributed by atoms with Gasteiger partial charge in [-0.1, -0.05) is 30.3 Å². The first-order chi connectivity index (χ1) is 10.0. The van der Waals surface area contributed by atoms with Gasteiger partial charge in [-0.05, 0) is 18.4 Å². The van der Waals surface area contributed by atoms with Crippen molar-refractivity contribution in [3.8, 4) is 0 Å². The van der Waals surface area contributed by atoms with E-state index in [1.807, 2.05) is 18.2 Å². The average molecular weight is 287 g/mol. The van der Waals surface area contributed by atoms with Gasteiger partial charge in [-0.2, -0.15) is 0 Å². The summed E-state index contributed by atoms with van der Waals surface area (Å²) in [6.07, 6.45) is 1.70. The largest absolute Gasteiger partial charge is 0.327 e. The number of likely N-dealkylation sites (tertiary alicyclic amines) is 1. The fraction of sp³-hybridized carbons (Fsp3) is 0.500. The molecule has 0 N–H and O–H groups in total. The van der Waals surface area contributed by atoms with E-state index >= 15 is 0 Å². The maximum Gasteiger partial charge on any atom is 0.327 e. The predicted octanol–water partition coefficient (Wildman–Crippen LogP) is 1.20. The van der Waals surface area contributed by atoms with Gasteiger partial charge in [0, 0.05) is 33.7 Å². The van der Waals surface area contributed by atoms with Gasteiger partial charge in [0.2, 0.25) is 0 Å². The topological polar surface area (TPSA) is 43.9 Å². The zero-order chi connectivity index (χ0) is 15.0. The van der Waals surface area contributed by atoms with Crippen LogP contribution in [0.15, 0.2) is 30.3 Å². The lowest BCUT2D eigenvalue weighted by Crippen LogP contribution is -2.50. The first-order valence-corrected chi connectivity index (χ1v) is 7.37. The number of likely N-dealkylation sites (N-methyl/N-ethyl adjacent to an activating group) is 2. The quantitative estimate of drug-likeness (QED) is 0.785. The van der Waals surface area contributed by atoms with Crippen molar-refractivity contribution in [2.75, 3.05) is 33.7 Å². The first-order valence-electron chi connectivity index (χ1n) is 7.37. The first kappa shape index (κ1) is 14.1. The van der Waals surface area contributed by atoms with Crippen molar-refractivity contribution in [1.29, 1.82) is 0 Å². The Balaban J connectivity index is 1.65. The summed E-state index contributed by atoms with van der Waals surface area (Å²) in [6.45, 7) is 2.43. The molecule has 3 amide bonds. The highest BCUT2D eigenvalue weighted by atomic mass is 16.2. The molecule has 0 aromatic heterocycles. The molecule has 1 aromatic rings. The smallest absolute Gasteiger partial charge is 0.311 e. The molecule has 2 fully saturated rings. The Bertz CT molecular complexity index is 560. The number of amides is 3. The maximum absolute atomic E-state index is 12.4. The zero-order valence-electron chi connectivity index (χ0n) is 12.6. The molecule has 1 aromatic carbocycles. The molecule has 2 aliphatic rings. The second-order valence-corrected chi connectivity index (χ2v) is 6.00. The van der Waals surface area contributed by atoms with Gasteiger partial charge in [-0.15, -0.1) is 0 Å². The van der Waals surface area contributed by atoms with Crippen molar-refractivity contribution < 1.29 is 9.59 Å². The fourth-order valence-electron chi connectivity index (χ4n) is 3.39. The Morgan fingerprint density at radius 3 is 2.48 bits per heavy atom. The van der Waals surface area contributed by atoms with E-state index in [0.29, 0.717) is 6.54 Å². The summed E-state index contributed by atoms with van der Waals surface area (Å²) in [5, 5.41) is 0. The van der Waals surface area contributed by atoms with Crippen molar-refractivity contribution >= 4 is 11.9 Å². The summed E-state index contributed by atoms with van der Waals surface area (Å²) in [4.78, 5) is 29.5. The van der Waals surface area contributed by atoms with Gasteiger partial charge in [-0.3, -0.25) is 9.69 Å². The van der Waals surface area contributed by atoms with E-state index in [-0.39, 0.29) is 11.9 Å². The second-order valence-electron chi connectivity index (χ2n) is 6.00. The molecule has 3 rings (SSSR count). The Hall–Kier alpha value is -1.88. The maximum atomic E-state index is 12.4. The highest BCUT2D eigenvalue weighted by Crippen LogP contribution is 2.34. The van der Waals surface area contributed by atoms with E-state index in [2.05, 4.69) is 17.0 Å². The van der Waals surface area contributed by atoms with Gasteiger partial charge >= 0.3 is 6.03 Å². The minimum atomic E-state index is -0.636. The van der Waals surface area contributed by atoms with Crippen molar-refractivity contribution in [2.45, 2.75) is 18.4 Å². The van der Waals surface area contributed by atoms with Crippen LogP contribution < -0.4 is 0 Å². The van der Waals surface area contributed by atoms with Gasteiger partial charge < -0.3 is 9.80 Å². The normalized spacial score (nSPS) is 26.4. The number of urea groups is 1. The van der Waals surface area contributed by atoms with Gasteiger partial charge in [0.05, 0.1) is 0 Å². The van der Waals surface area contributed by atoms with Crippen molar-refractivity contribution in [1.82, 2.24) is 14.7 Å². The van der Waals surface area contributed by atoms with E-state index in [0.717, 1.165) is 25.9 Å². The minimum Gasteiger partial charge on any atom is -0.311 e. The molecule has 112 valence electrons. The Kier molecular flexibility index (Phi) is 3.45. The standard InChI is InChI=1S/C16H21N3O2/c1-17-14(20)16(18(2)15(17)21)9-11-19(12-16)10-8-13-6-4-3-5-7-13/h3-7H,8-12H2,1-2H3/t16-/m0/s1. The highest BCUT2D eigenvalue weighted by molar-refractivity contribution is 6.07. The molecule has 21 heavy (non-hydrogen) atoms. The molecule has 1 spiro atoms. The number of imide groups is 1. The zero-order valence-corrected chi connectivity index (χ0v) is 12.6. The molecule has 5 heteroatoms. The molecule has 5 nitrogen and oxygen atoms in total. The average Bonchev–Trinajstić information content (AvgIpc) is 3.01. The van der Waals surface area contributed by atoms with E-state index in [1.54, 1.807) is 19.0 Å². The number of benzene rings is 1. The highest BCUT2D eigenvalue weighted by Gasteiger charge is 2.57. The molecule has 1 atom stereocenters. The molecular formula is C16H21N3O2. The Morgan fingerprint density at radius 2 is 1.86 bits per heavy atom. The van der Waals surface area contributed by atoms with Crippen LogP contribution in [0.5, 0.6) is 0 Å². The lowest BCUT2D eigenvalue weighted by molar-refractivity contribution is -0.131. The third kappa shape index (κ3) is 2.21. The van der Waals surface area contributed by atoms with Crippen LogP contribution in [0, 0.1) is 0 Å². The van der Waals surface area contributed by atoms with Crippen LogP contribution in [0.2, 0.25) is 0 Å². The van der Waals surface area contributed by atoms with E-state index in [9.17, 15) is 9.59 Å². The van der Waals surface area contributed by atoms with Crippen LogP contribution in [-0.2, 0) is 11.2 Å². The number of carbonyl (C=O) groups is 2. The molecule has 0 radical (unpaired) electrons. The third-order valence-electron chi connectivity index (χ3n) is 4.80. The second kappa shape index (κ2) is 5.15. The van der Waals surface area contributed by atoms with Crippen LogP contribution in [-0.4, -0.2) is 65.9 Å². The van der Waals surface area contributed by atoms with E-state index in [4.69, 9.17) is 0 Å². The van der Waals surface area contributed by atoms with Gasteiger partial charge in [-0.25, -0.2) is 4.79 Å². The predicted molar refractivity (Wildman–Crippen MR) is 79.9 cm³/mol. The summed E-state index contributed by atoms with van der Waals surface area (Å²) in [7, 11) is 3.31. The molecule has 0 unspecified atom stereocenters. The Morgan fingerprint density at radius 1 is 1.14 bits per heavy atom. The van der Waals surface area contributed by atoms with Crippen molar-refractivity contribution in [2.24, 2.45) is 0 Å². The molecule has 2 saturated heterocycles. The molecule has 0 bridgehead atoms. The summed E-state index contributed by atoms with van der Waals surface area (Å²) >= 11 is 0. The number of hydrogen-bond acceptors (Lipinski definition) is 3. The molecule has 2 aliphatic heterocycles. The van der Waals surface area contributed by atoms with E-state index in [1.165, 1.54) is 10.5 Å². The molecule has 0 aliphatic carbocycles. The SMILES string of the molecule is CN1C(=O)N(C)[C@]2(CCN(CCc3ccccc3)C2)C1=O. The molecule has 0 saturated carbocycles. The molecular weight excluding hydrogens is 266 g/mol. The van der Waals surface area contributed by atoms with Crippen LogP contribution in [0.25, 0.3) is 0 Å². The number of hydrogen-bond donors (Lipinski definition) is 0. The van der Waals surface area contributed by atoms with Crippen LogP contribution in [0.1, 0.15) is 12.0 Å². The number of nitrogens with zero attached hydrogens (tertiary/aromatic N) is 3. The Labute approximate surface area is 125 Å². The van der Waals surface area contributed by atoms with Gasteiger partial charge in [0.25, 0.3) is 5.91 Å².